The van der Waals surface area contributed by atoms with Crippen molar-refractivity contribution < 1.29 is 19.8 Å². The van der Waals surface area contributed by atoms with Gasteiger partial charge in [-0.25, -0.2) is 9.59 Å². The highest BCUT2D eigenvalue weighted by atomic mass is 16.4. The maximum absolute atomic E-state index is 9.10. The Morgan fingerprint density at radius 1 is 1.11 bits per heavy atom. The number of carboxylic acid groups (broad SMARTS) is 2. The fraction of sp³-hybridized carbons (Fsp3) is 0.429. The molecule has 0 bridgehead atoms. The fourth-order valence-electron chi connectivity index (χ4n) is 1.94. The first-order valence-electron chi connectivity index (χ1n) is 6.27. The van der Waals surface area contributed by atoms with Gasteiger partial charge in [-0.1, -0.05) is 36.2 Å². The van der Waals surface area contributed by atoms with Crippen molar-refractivity contribution >= 4 is 11.9 Å². The SMILES string of the molecule is Cc1ccc(C2CCCCN2)cc1.O=C(O)C(=O)O. The van der Waals surface area contributed by atoms with Crippen LogP contribution in [0.2, 0.25) is 0 Å². The largest absolute Gasteiger partial charge is 0.473 e. The van der Waals surface area contributed by atoms with Gasteiger partial charge in [-0.3, -0.25) is 0 Å². The lowest BCUT2D eigenvalue weighted by molar-refractivity contribution is -0.159. The number of rotatable bonds is 1. The molecule has 0 saturated carbocycles. The summed E-state index contributed by atoms with van der Waals surface area (Å²) in [5, 5.41) is 18.3. The summed E-state index contributed by atoms with van der Waals surface area (Å²) in [4.78, 5) is 18.2. The number of hydrogen-bond donors (Lipinski definition) is 3. The lowest BCUT2D eigenvalue weighted by atomic mass is 9.97. The zero-order valence-corrected chi connectivity index (χ0v) is 10.9. The summed E-state index contributed by atoms with van der Waals surface area (Å²) in [6.45, 7) is 3.32. The number of aryl methyl sites for hydroxylation is 1. The van der Waals surface area contributed by atoms with Crippen molar-refractivity contribution in [3.05, 3.63) is 35.4 Å². The van der Waals surface area contributed by atoms with Gasteiger partial charge in [0, 0.05) is 6.04 Å². The number of carbonyl (C=O) groups is 2. The molecular formula is C14H19NO4. The van der Waals surface area contributed by atoms with Crippen LogP contribution in [0.1, 0.15) is 36.4 Å². The van der Waals surface area contributed by atoms with E-state index in [-0.39, 0.29) is 0 Å². The van der Waals surface area contributed by atoms with Gasteiger partial charge < -0.3 is 15.5 Å². The van der Waals surface area contributed by atoms with Crippen LogP contribution in [0.3, 0.4) is 0 Å². The first kappa shape index (κ1) is 15.2. The molecule has 0 aromatic heterocycles. The minimum atomic E-state index is -1.82. The van der Waals surface area contributed by atoms with Crippen molar-refractivity contribution in [3.8, 4) is 0 Å². The van der Waals surface area contributed by atoms with Gasteiger partial charge in [0.05, 0.1) is 0 Å². The molecule has 2 rings (SSSR count). The number of benzene rings is 1. The highest BCUT2D eigenvalue weighted by molar-refractivity contribution is 6.27. The number of aliphatic carboxylic acids is 2. The average Bonchev–Trinajstić information content (AvgIpc) is 2.41. The number of piperidine rings is 1. The van der Waals surface area contributed by atoms with Crippen LogP contribution in [0.15, 0.2) is 24.3 Å². The molecule has 3 N–H and O–H groups in total. The van der Waals surface area contributed by atoms with Gasteiger partial charge in [-0.15, -0.1) is 0 Å². The number of hydrogen-bond acceptors (Lipinski definition) is 3. The molecule has 0 aliphatic carbocycles. The molecule has 0 amide bonds. The second-order valence-electron chi connectivity index (χ2n) is 4.52. The highest BCUT2D eigenvalue weighted by Crippen LogP contribution is 2.22. The Labute approximate surface area is 112 Å². The summed E-state index contributed by atoms with van der Waals surface area (Å²) >= 11 is 0. The molecule has 1 aliphatic heterocycles. The minimum absolute atomic E-state index is 0.606. The lowest BCUT2D eigenvalue weighted by Gasteiger charge is -2.23. The molecule has 1 saturated heterocycles. The summed E-state index contributed by atoms with van der Waals surface area (Å²) in [6.07, 6.45) is 4.00. The molecule has 1 aromatic rings. The van der Waals surface area contributed by atoms with Crippen molar-refractivity contribution in [2.24, 2.45) is 0 Å². The maximum Gasteiger partial charge on any atom is 0.414 e. The third-order valence-electron chi connectivity index (χ3n) is 2.97. The van der Waals surface area contributed by atoms with Gasteiger partial charge in [0.25, 0.3) is 0 Å². The molecule has 1 aromatic carbocycles. The van der Waals surface area contributed by atoms with Gasteiger partial charge >= 0.3 is 11.9 Å². The van der Waals surface area contributed by atoms with Crippen LogP contribution in [-0.2, 0) is 9.59 Å². The van der Waals surface area contributed by atoms with Crippen LogP contribution in [0, 0.1) is 6.92 Å². The number of nitrogens with one attached hydrogen (secondary N) is 1. The van der Waals surface area contributed by atoms with Crippen LogP contribution < -0.4 is 5.32 Å². The Morgan fingerprint density at radius 2 is 1.68 bits per heavy atom. The quantitative estimate of drug-likeness (QED) is 0.676. The molecule has 5 heteroatoms. The van der Waals surface area contributed by atoms with Crippen molar-refractivity contribution in [3.63, 3.8) is 0 Å². The average molecular weight is 265 g/mol. The van der Waals surface area contributed by atoms with E-state index in [0.29, 0.717) is 6.04 Å². The summed E-state index contributed by atoms with van der Waals surface area (Å²) in [7, 11) is 0. The Hall–Kier alpha value is -1.88. The Kier molecular flexibility index (Phi) is 6.02. The van der Waals surface area contributed by atoms with E-state index in [2.05, 4.69) is 36.5 Å². The molecule has 1 aliphatic rings. The zero-order valence-electron chi connectivity index (χ0n) is 10.9. The third-order valence-corrected chi connectivity index (χ3v) is 2.97. The molecule has 1 fully saturated rings. The predicted octanol–water partition coefficient (Wildman–Crippen LogP) is 1.97. The summed E-state index contributed by atoms with van der Waals surface area (Å²) in [6, 6.07) is 9.50. The van der Waals surface area contributed by atoms with Crippen LogP contribution >= 0.6 is 0 Å². The molecule has 5 nitrogen and oxygen atoms in total. The van der Waals surface area contributed by atoms with E-state index < -0.39 is 11.9 Å². The molecule has 1 heterocycles. The molecular weight excluding hydrogens is 246 g/mol. The van der Waals surface area contributed by atoms with Crippen LogP contribution in [0.5, 0.6) is 0 Å². The van der Waals surface area contributed by atoms with E-state index in [1.807, 2.05) is 0 Å². The molecule has 1 atom stereocenters. The van der Waals surface area contributed by atoms with Crippen molar-refractivity contribution in [1.82, 2.24) is 5.32 Å². The van der Waals surface area contributed by atoms with Gasteiger partial charge in [0.15, 0.2) is 0 Å². The van der Waals surface area contributed by atoms with Gasteiger partial charge in [0.2, 0.25) is 0 Å². The van der Waals surface area contributed by atoms with E-state index >= 15 is 0 Å². The molecule has 19 heavy (non-hydrogen) atoms. The van der Waals surface area contributed by atoms with Crippen molar-refractivity contribution in [2.45, 2.75) is 32.2 Å². The molecule has 0 spiro atoms. The first-order chi connectivity index (χ1) is 9.00. The highest BCUT2D eigenvalue weighted by Gasteiger charge is 2.13. The monoisotopic (exact) mass is 265 g/mol. The van der Waals surface area contributed by atoms with E-state index in [1.54, 1.807) is 0 Å². The maximum atomic E-state index is 9.10. The second-order valence-corrected chi connectivity index (χ2v) is 4.52. The van der Waals surface area contributed by atoms with Crippen molar-refractivity contribution in [2.75, 3.05) is 6.54 Å². The summed E-state index contributed by atoms with van der Waals surface area (Å²) in [5.41, 5.74) is 2.80. The number of carboxylic acids is 2. The normalized spacial score (nSPS) is 18.1. The summed E-state index contributed by atoms with van der Waals surface area (Å²) in [5.74, 6) is -3.65. The smallest absolute Gasteiger partial charge is 0.414 e. The van der Waals surface area contributed by atoms with Crippen LogP contribution in [0.25, 0.3) is 0 Å². The minimum Gasteiger partial charge on any atom is -0.473 e. The second kappa shape index (κ2) is 7.53. The predicted molar refractivity (Wildman–Crippen MR) is 71.0 cm³/mol. The van der Waals surface area contributed by atoms with Gasteiger partial charge in [-0.05, 0) is 31.9 Å². The van der Waals surface area contributed by atoms with Crippen molar-refractivity contribution in [1.29, 1.82) is 0 Å². The van der Waals surface area contributed by atoms with E-state index in [4.69, 9.17) is 19.8 Å². The first-order valence-corrected chi connectivity index (χ1v) is 6.27. The zero-order chi connectivity index (χ0) is 14.3. The fourth-order valence-corrected chi connectivity index (χ4v) is 1.94. The van der Waals surface area contributed by atoms with Gasteiger partial charge in [-0.2, -0.15) is 0 Å². The van der Waals surface area contributed by atoms with E-state index in [9.17, 15) is 0 Å². The van der Waals surface area contributed by atoms with Gasteiger partial charge in [0.1, 0.15) is 0 Å². The van der Waals surface area contributed by atoms with Crippen LogP contribution in [0.4, 0.5) is 0 Å². The molecule has 1 unspecified atom stereocenters. The Balaban J connectivity index is 0.000000258. The lowest BCUT2D eigenvalue weighted by Crippen LogP contribution is -2.26. The van der Waals surface area contributed by atoms with Crippen LogP contribution in [-0.4, -0.2) is 28.7 Å². The third kappa shape index (κ3) is 5.52. The van der Waals surface area contributed by atoms with E-state index in [1.165, 1.54) is 36.9 Å². The topological polar surface area (TPSA) is 86.6 Å². The van der Waals surface area contributed by atoms with E-state index in [0.717, 1.165) is 0 Å². The summed E-state index contributed by atoms with van der Waals surface area (Å²) < 4.78 is 0. The molecule has 0 radical (unpaired) electrons. The Bertz CT molecular complexity index is 410. The Morgan fingerprint density at radius 3 is 2.11 bits per heavy atom. The standard InChI is InChI=1S/C12H17N.C2H2O4/c1-10-5-7-11(8-6-10)12-4-2-3-9-13-12;3-1(4)2(5)6/h5-8,12-13H,2-4,9H2,1H3;(H,3,4)(H,5,6). The molecule has 104 valence electrons.